The highest BCUT2D eigenvalue weighted by Gasteiger charge is 2.05. The summed E-state index contributed by atoms with van der Waals surface area (Å²) in [5.74, 6) is 0.727. The third-order valence-electron chi connectivity index (χ3n) is 2.17. The molecular formula is C13H18INO2. The van der Waals surface area contributed by atoms with E-state index in [0.717, 1.165) is 29.6 Å². The van der Waals surface area contributed by atoms with Crippen molar-refractivity contribution in [2.45, 2.75) is 19.8 Å². The number of nitrogens with one attached hydrogen (secondary N) is 1. The van der Waals surface area contributed by atoms with Gasteiger partial charge in [0, 0.05) is 16.5 Å². The van der Waals surface area contributed by atoms with Gasteiger partial charge in [0.25, 0.3) is 5.91 Å². The predicted molar refractivity (Wildman–Crippen MR) is 78.1 cm³/mol. The van der Waals surface area contributed by atoms with Crippen LogP contribution in [-0.4, -0.2) is 23.5 Å². The van der Waals surface area contributed by atoms with E-state index in [4.69, 9.17) is 4.74 Å². The van der Waals surface area contributed by atoms with Gasteiger partial charge in [0.05, 0.1) is 6.61 Å². The summed E-state index contributed by atoms with van der Waals surface area (Å²) in [6.07, 6.45) is 1.96. The summed E-state index contributed by atoms with van der Waals surface area (Å²) in [5, 5.41) is 2.88. The van der Waals surface area contributed by atoms with Crippen LogP contribution in [0.1, 0.15) is 30.1 Å². The smallest absolute Gasteiger partial charge is 0.251 e. The van der Waals surface area contributed by atoms with Crippen LogP contribution in [0.4, 0.5) is 0 Å². The largest absolute Gasteiger partial charge is 0.494 e. The molecule has 17 heavy (non-hydrogen) atoms. The van der Waals surface area contributed by atoms with Crippen LogP contribution < -0.4 is 10.1 Å². The molecule has 0 bridgehead atoms. The monoisotopic (exact) mass is 347 g/mol. The first-order valence-electron chi connectivity index (χ1n) is 5.85. The molecule has 94 valence electrons. The average molecular weight is 347 g/mol. The summed E-state index contributed by atoms with van der Waals surface area (Å²) < 4.78 is 6.54. The van der Waals surface area contributed by atoms with E-state index in [1.165, 1.54) is 0 Å². The summed E-state index contributed by atoms with van der Waals surface area (Å²) in [6.45, 7) is 3.46. The van der Waals surface area contributed by atoms with Crippen LogP contribution in [0, 0.1) is 0 Å². The predicted octanol–water partition coefficient (Wildman–Crippen LogP) is 3.03. The maximum absolute atomic E-state index is 11.8. The van der Waals surface area contributed by atoms with Crippen molar-refractivity contribution in [2.24, 2.45) is 0 Å². The highest BCUT2D eigenvalue weighted by atomic mass is 127. The molecule has 3 nitrogen and oxygen atoms in total. The lowest BCUT2D eigenvalue weighted by Crippen LogP contribution is -2.24. The molecule has 4 heteroatoms. The maximum Gasteiger partial charge on any atom is 0.251 e. The molecule has 1 rings (SSSR count). The van der Waals surface area contributed by atoms with E-state index in [1.807, 2.05) is 12.1 Å². The summed E-state index contributed by atoms with van der Waals surface area (Å²) in [7, 11) is 0. The first-order valence-corrected chi connectivity index (χ1v) is 7.37. The van der Waals surface area contributed by atoms with Crippen LogP contribution in [-0.2, 0) is 0 Å². The van der Waals surface area contributed by atoms with Gasteiger partial charge in [0.2, 0.25) is 0 Å². The summed E-state index contributed by atoms with van der Waals surface area (Å²) in [6, 6.07) is 7.31. The number of carbonyl (C=O) groups is 1. The maximum atomic E-state index is 11.8. The second-order valence-corrected chi connectivity index (χ2v) is 4.75. The topological polar surface area (TPSA) is 38.3 Å². The zero-order valence-corrected chi connectivity index (χ0v) is 12.2. The molecule has 0 heterocycles. The Bertz CT molecular complexity index is 355. The molecule has 0 unspecified atom stereocenters. The Morgan fingerprint density at radius 1 is 1.47 bits per heavy atom. The zero-order chi connectivity index (χ0) is 12.5. The molecule has 0 aliphatic carbocycles. The van der Waals surface area contributed by atoms with Gasteiger partial charge in [0.15, 0.2) is 0 Å². The number of alkyl halides is 1. The normalized spacial score (nSPS) is 10.0. The molecule has 0 saturated heterocycles. The molecule has 0 radical (unpaired) electrons. The summed E-state index contributed by atoms with van der Waals surface area (Å²) >= 11 is 2.30. The van der Waals surface area contributed by atoms with Gasteiger partial charge in [-0.05, 0) is 31.0 Å². The Morgan fingerprint density at radius 3 is 3.00 bits per heavy atom. The van der Waals surface area contributed by atoms with Gasteiger partial charge in [-0.15, -0.1) is 0 Å². The minimum Gasteiger partial charge on any atom is -0.494 e. The van der Waals surface area contributed by atoms with E-state index < -0.39 is 0 Å². The number of hydrogen-bond donors (Lipinski definition) is 1. The lowest BCUT2D eigenvalue weighted by molar-refractivity contribution is 0.0953. The second-order valence-electron chi connectivity index (χ2n) is 3.67. The van der Waals surface area contributed by atoms with Crippen LogP contribution in [0.25, 0.3) is 0 Å². The Hall–Kier alpha value is -0.780. The fourth-order valence-electron chi connectivity index (χ4n) is 1.32. The van der Waals surface area contributed by atoms with Crippen molar-refractivity contribution in [1.29, 1.82) is 0 Å². The first kappa shape index (κ1) is 14.3. The fraction of sp³-hybridized carbons (Fsp3) is 0.462. The van der Waals surface area contributed by atoms with Crippen molar-refractivity contribution in [3.63, 3.8) is 0 Å². The zero-order valence-electron chi connectivity index (χ0n) is 10.0. The highest BCUT2D eigenvalue weighted by Crippen LogP contribution is 2.13. The number of carbonyl (C=O) groups excluding carboxylic acids is 1. The number of hydrogen-bond acceptors (Lipinski definition) is 2. The first-order chi connectivity index (χ1) is 8.27. The van der Waals surface area contributed by atoms with E-state index >= 15 is 0 Å². The molecule has 1 aromatic carbocycles. The van der Waals surface area contributed by atoms with E-state index in [2.05, 4.69) is 34.8 Å². The Labute approximate surface area is 116 Å². The van der Waals surface area contributed by atoms with Crippen LogP contribution in [0.2, 0.25) is 0 Å². The lowest BCUT2D eigenvalue weighted by atomic mass is 10.2. The van der Waals surface area contributed by atoms with Crippen molar-refractivity contribution >= 4 is 28.5 Å². The summed E-state index contributed by atoms with van der Waals surface area (Å²) in [4.78, 5) is 11.8. The van der Waals surface area contributed by atoms with E-state index in [9.17, 15) is 4.79 Å². The number of amides is 1. The molecule has 0 fully saturated rings. The molecule has 1 aromatic rings. The minimum atomic E-state index is -0.0307. The van der Waals surface area contributed by atoms with Gasteiger partial charge in [0.1, 0.15) is 5.75 Å². The number of benzene rings is 1. The van der Waals surface area contributed by atoms with Crippen molar-refractivity contribution in [3.8, 4) is 5.75 Å². The van der Waals surface area contributed by atoms with Crippen LogP contribution in [0.15, 0.2) is 24.3 Å². The van der Waals surface area contributed by atoms with Crippen LogP contribution in [0.3, 0.4) is 0 Å². The van der Waals surface area contributed by atoms with E-state index in [-0.39, 0.29) is 5.91 Å². The van der Waals surface area contributed by atoms with Gasteiger partial charge in [-0.3, -0.25) is 4.79 Å². The Kier molecular flexibility index (Phi) is 7.00. The fourth-order valence-corrected chi connectivity index (χ4v) is 1.70. The van der Waals surface area contributed by atoms with E-state index in [1.54, 1.807) is 12.1 Å². The molecule has 1 amide bonds. The third kappa shape index (κ3) is 5.39. The lowest BCUT2D eigenvalue weighted by Gasteiger charge is -2.07. The number of ether oxygens (including phenoxy) is 1. The number of rotatable bonds is 7. The molecule has 0 spiro atoms. The minimum absolute atomic E-state index is 0.0307. The van der Waals surface area contributed by atoms with E-state index in [0.29, 0.717) is 12.2 Å². The van der Waals surface area contributed by atoms with Gasteiger partial charge < -0.3 is 10.1 Å². The quantitative estimate of drug-likeness (QED) is 0.468. The average Bonchev–Trinajstić information content (AvgIpc) is 2.37. The van der Waals surface area contributed by atoms with Crippen molar-refractivity contribution in [2.75, 3.05) is 17.6 Å². The number of halogens is 1. The van der Waals surface area contributed by atoms with Gasteiger partial charge in [-0.2, -0.15) is 0 Å². The van der Waals surface area contributed by atoms with Crippen molar-refractivity contribution in [1.82, 2.24) is 5.32 Å². The molecule has 0 saturated carbocycles. The van der Waals surface area contributed by atoms with Crippen molar-refractivity contribution < 1.29 is 9.53 Å². The molecule has 1 N–H and O–H groups in total. The molecular weight excluding hydrogens is 329 g/mol. The highest BCUT2D eigenvalue weighted by molar-refractivity contribution is 14.1. The third-order valence-corrected chi connectivity index (χ3v) is 2.93. The molecule has 0 atom stereocenters. The van der Waals surface area contributed by atoms with Gasteiger partial charge >= 0.3 is 0 Å². The van der Waals surface area contributed by atoms with Crippen LogP contribution >= 0.6 is 22.6 Å². The SMILES string of the molecule is CCCOc1cccc(C(=O)NCCCI)c1. The van der Waals surface area contributed by atoms with Crippen molar-refractivity contribution in [3.05, 3.63) is 29.8 Å². The Morgan fingerprint density at radius 2 is 2.29 bits per heavy atom. The molecule has 0 aliphatic rings. The van der Waals surface area contributed by atoms with Gasteiger partial charge in [-0.1, -0.05) is 35.6 Å². The molecule has 0 aromatic heterocycles. The van der Waals surface area contributed by atoms with Gasteiger partial charge in [-0.25, -0.2) is 0 Å². The summed E-state index contributed by atoms with van der Waals surface area (Å²) in [5.41, 5.74) is 0.659. The standard InChI is InChI=1S/C13H18INO2/c1-2-9-17-12-6-3-5-11(10-12)13(16)15-8-4-7-14/h3,5-6,10H,2,4,7-9H2,1H3,(H,15,16). The molecule has 0 aliphatic heterocycles. The second kappa shape index (κ2) is 8.33. The van der Waals surface area contributed by atoms with Crippen LogP contribution in [0.5, 0.6) is 5.75 Å². The Balaban J connectivity index is 2.54.